The molecule has 0 amide bonds. The van der Waals surface area contributed by atoms with Crippen molar-refractivity contribution in [1.82, 2.24) is 14.8 Å². The average molecular weight is 383 g/mol. The predicted octanol–water partition coefficient (Wildman–Crippen LogP) is 2.30. The third-order valence-corrected chi connectivity index (χ3v) is 4.12. The second kappa shape index (κ2) is 7.23. The normalized spacial score (nSPS) is 14.6. The fourth-order valence-electron chi connectivity index (χ4n) is 2.35. The van der Waals surface area contributed by atoms with E-state index in [2.05, 4.69) is 36.9 Å². The molecule has 0 fully saturated rings. The fourth-order valence-corrected chi connectivity index (χ4v) is 2.92. The summed E-state index contributed by atoms with van der Waals surface area (Å²) in [5.41, 5.74) is 0.0500. The van der Waals surface area contributed by atoms with Crippen molar-refractivity contribution in [2.75, 3.05) is 20.6 Å². The Balaban J connectivity index is 1.98. The first-order chi connectivity index (χ1) is 10.8. The summed E-state index contributed by atoms with van der Waals surface area (Å²) in [4.78, 5) is 6.27. The number of rotatable bonds is 5. The molecule has 2 aromatic heterocycles. The molecule has 7 heteroatoms. The Morgan fingerprint density at radius 1 is 1.57 bits per heavy atom. The fraction of sp³-hybridized carbons (Fsp3) is 0.438. The van der Waals surface area contributed by atoms with Crippen molar-refractivity contribution in [2.24, 2.45) is 12.0 Å². The number of hydrogen-bond acceptors (Lipinski definition) is 3. The van der Waals surface area contributed by atoms with Crippen LogP contribution in [-0.2, 0) is 19.2 Å². The van der Waals surface area contributed by atoms with Gasteiger partial charge in [0, 0.05) is 37.5 Å². The molecule has 1 unspecified atom stereocenters. The van der Waals surface area contributed by atoms with E-state index in [4.69, 9.17) is 4.42 Å². The summed E-state index contributed by atoms with van der Waals surface area (Å²) in [7, 11) is 5.69. The van der Waals surface area contributed by atoms with Gasteiger partial charge in [0.25, 0.3) is 0 Å². The Morgan fingerprint density at radius 3 is 2.83 bits per heavy atom. The van der Waals surface area contributed by atoms with Gasteiger partial charge in [-0.3, -0.25) is 4.99 Å². The summed E-state index contributed by atoms with van der Waals surface area (Å²) in [5, 5.41) is 13.7. The first-order valence-electron chi connectivity index (χ1n) is 7.32. The highest BCUT2D eigenvalue weighted by Crippen LogP contribution is 2.20. The lowest BCUT2D eigenvalue weighted by Crippen LogP contribution is -2.45. The molecule has 1 atom stereocenters. The third-order valence-electron chi connectivity index (χ3n) is 3.69. The van der Waals surface area contributed by atoms with Crippen LogP contribution >= 0.6 is 15.9 Å². The molecule has 0 aliphatic rings. The molecule has 0 spiro atoms. The van der Waals surface area contributed by atoms with Crippen molar-refractivity contribution in [1.29, 1.82) is 0 Å². The maximum absolute atomic E-state index is 10.5. The summed E-state index contributed by atoms with van der Waals surface area (Å²) in [5.74, 6) is 1.23. The van der Waals surface area contributed by atoms with Crippen molar-refractivity contribution >= 4 is 21.9 Å². The van der Waals surface area contributed by atoms with Crippen LogP contribution in [0.25, 0.3) is 0 Å². The zero-order valence-electron chi connectivity index (χ0n) is 13.9. The molecule has 6 nitrogen and oxygen atoms in total. The van der Waals surface area contributed by atoms with Gasteiger partial charge in [-0.1, -0.05) is 0 Å². The number of guanidine groups is 1. The lowest BCUT2D eigenvalue weighted by molar-refractivity contribution is 0.0381. The molecule has 2 N–H and O–H groups in total. The number of aliphatic imine (C=N–C) groups is 1. The molecular weight excluding hydrogens is 360 g/mol. The number of halogens is 1. The van der Waals surface area contributed by atoms with Crippen molar-refractivity contribution < 1.29 is 9.52 Å². The monoisotopic (exact) mass is 382 g/mol. The number of nitrogens with one attached hydrogen (secondary N) is 1. The van der Waals surface area contributed by atoms with Crippen LogP contribution in [0.4, 0.5) is 0 Å². The van der Waals surface area contributed by atoms with E-state index in [0.29, 0.717) is 24.8 Å². The van der Waals surface area contributed by atoms with Gasteiger partial charge >= 0.3 is 0 Å². The van der Waals surface area contributed by atoms with Crippen LogP contribution in [0.1, 0.15) is 18.4 Å². The van der Waals surface area contributed by atoms with Gasteiger partial charge < -0.3 is 24.3 Å². The average Bonchev–Trinajstić information content (AvgIpc) is 3.10. The minimum absolute atomic E-state index is 0.300. The van der Waals surface area contributed by atoms with Gasteiger partial charge in [0.1, 0.15) is 11.4 Å². The maximum atomic E-state index is 10.5. The van der Waals surface area contributed by atoms with Gasteiger partial charge in [-0.25, -0.2) is 0 Å². The Bertz CT molecular complexity index is 662. The first kappa shape index (κ1) is 17.6. The highest BCUT2D eigenvalue weighted by Gasteiger charge is 2.26. The Morgan fingerprint density at radius 2 is 2.30 bits per heavy atom. The lowest BCUT2D eigenvalue weighted by atomic mass is 10.0. The molecule has 0 saturated carbocycles. The summed E-state index contributed by atoms with van der Waals surface area (Å²) in [6, 6.07) is 5.59. The Hall–Kier alpha value is -1.73. The van der Waals surface area contributed by atoms with E-state index < -0.39 is 5.60 Å². The van der Waals surface area contributed by atoms with Gasteiger partial charge in [0.15, 0.2) is 5.96 Å². The molecule has 0 aliphatic carbocycles. The van der Waals surface area contributed by atoms with Crippen molar-refractivity contribution in [3.8, 4) is 0 Å². The highest BCUT2D eigenvalue weighted by atomic mass is 79.9. The van der Waals surface area contributed by atoms with E-state index in [1.54, 1.807) is 32.4 Å². The summed E-state index contributed by atoms with van der Waals surface area (Å²) < 4.78 is 8.40. The quantitative estimate of drug-likeness (QED) is 0.614. The van der Waals surface area contributed by atoms with Crippen LogP contribution in [0.3, 0.4) is 0 Å². The van der Waals surface area contributed by atoms with Crippen molar-refractivity contribution in [2.45, 2.75) is 19.1 Å². The zero-order chi connectivity index (χ0) is 17.0. The lowest BCUT2D eigenvalue weighted by Gasteiger charge is -2.26. The summed E-state index contributed by atoms with van der Waals surface area (Å²) >= 11 is 3.48. The SMILES string of the molecule is CN=C(NCC(C)(O)c1ccco1)N(C)Cc1cc(Br)cn1C. The van der Waals surface area contributed by atoms with Gasteiger partial charge in [0.2, 0.25) is 0 Å². The molecule has 0 aromatic carbocycles. The number of aromatic nitrogens is 1. The topological polar surface area (TPSA) is 65.9 Å². The van der Waals surface area contributed by atoms with E-state index >= 15 is 0 Å². The molecule has 0 radical (unpaired) electrons. The second-order valence-corrected chi connectivity index (χ2v) is 6.68. The van der Waals surface area contributed by atoms with E-state index in [9.17, 15) is 5.11 Å². The number of aryl methyl sites for hydroxylation is 1. The third kappa shape index (κ3) is 4.39. The van der Waals surface area contributed by atoms with Gasteiger partial charge in [-0.15, -0.1) is 0 Å². The molecule has 23 heavy (non-hydrogen) atoms. The van der Waals surface area contributed by atoms with Gasteiger partial charge in [-0.05, 0) is 41.1 Å². The second-order valence-electron chi connectivity index (χ2n) is 5.77. The van der Waals surface area contributed by atoms with Crippen LogP contribution < -0.4 is 5.32 Å². The van der Waals surface area contributed by atoms with Crippen LogP contribution in [0, 0.1) is 0 Å². The molecule has 126 valence electrons. The molecule has 0 bridgehead atoms. The molecule has 0 saturated heterocycles. The number of nitrogens with zero attached hydrogens (tertiary/aromatic N) is 3. The Kier molecular flexibility index (Phi) is 5.54. The van der Waals surface area contributed by atoms with Crippen LogP contribution in [-0.4, -0.2) is 41.2 Å². The summed E-state index contributed by atoms with van der Waals surface area (Å²) in [6.07, 6.45) is 3.57. The molecule has 2 aromatic rings. The van der Waals surface area contributed by atoms with Crippen LogP contribution in [0.5, 0.6) is 0 Å². The standard InChI is InChI=1S/C16H23BrN4O2/c1-16(22,14-6-5-7-23-14)11-19-15(18-2)21(4)10-13-8-12(17)9-20(13)3/h5-9,22H,10-11H2,1-4H3,(H,18,19). The number of hydrogen-bond donors (Lipinski definition) is 2. The summed E-state index contributed by atoms with van der Waals surface area (Å²) in [6.45, 7) is 2.71. The zero-order valence-corrected chi connectivity index (χ0v) is 15.5. The first-order valence-corrected chi connectivity index (χ1v) is 8.11. The smallest absolute Gasteiger partial charge is 0.193 e. The molecule has 2 heterocycles. The molecule has 0 aliphatic heterocycles. The van der Waals surface area contributed by atoms with Crippen molar-refractivity contribution in [3.63, 3.8) is 0 Å². The van der Waals surface area contributed by atoms with E-state index in [1.807, 2.05) is 25.2 Å². The molecular formula is C16H23BrN4O2. The van der Waals surface area contributed by atoms with Crippen molar-refractivity contribution in [3.05, 3.63) is 46.6 Å². The number of furan rings is 1. The Labute approximate surface area is 144 Å². The van der Waals surface area contributed by atoms with Gasteiger partial charge in [0.05, 0.1) is 19.4 Å². The van der Waals surface area contributed by atoms with Crippen LogP contribution in [0.15, 0.2) is 44.5 Å². The number of aliphatic hydroxyl groups is 1. The molecule has 2 rings (SSSR count). The van der Waals surface area contributed by atoms with E-state index in [-0.39, 0.29) is 0 Å². The van der Waals surface area contributed by atoms with Gasteiger partial charge in [-0.2, -0.15) is 0 Å². The maximum Gasteiger partial charge on any atom is 0.193 e. The van der Waals surface area contributed by atoms with E-state index in [0.717, 1.165) is 10.2 Å². The predicted molar refractivity (Wildman–Crippen MR) is 94.2 cm³/mol. The largest absolute Gasteiger partial charge is 0.466 e. The minimum atomic E-state index is -1.10. The minimum Gasteiger partial charge on any atom is -0.466 e. The highest BCUT2D eigenvalue weighted by molar-refractivity contribution is 9.10. The van der Waals surface area contributed by atoms with E-state index in [1.165, 1.54) is 0 Å². The van der Waals surface area contributed by atoms with Crippen LogP contribution in [0.2, 0.25) is 0 Å².